The van der Waals surface area contributed by atoms with Crippen LogP contribution >= 0.6 is 0 Å². The van der Waals surface area contributed by atoms with Gasteiger partial charge in [0.25, 0.3) is 0 Å². The Kier molecular flexibility index (Phi) is 6.59. The van der Waals surface area contributed by atoms with Gasteiger partial charge in [-0.05, 0) is 110 Å². The fraction of sp³-hybridized carbons (Fsp3) is 0.931. The van der Waals surface area contributed by atoms with Crippen LogP contribution in [0.25, 0.3) is 0 Å². The van der Waals surface area contributed by atoms with Crippen LogP contribution in [-0.2, 0) is 0 Å². The maximum Gasteiger partial charge on any atom is -0.00851 e. The van der Waals surface area contributed by atoms with Crippen LogP contribution in [0.3, 0.4) is 0 Å². The number of fused-ring (bicyclic) bond motifs is 5. The Morgan fingerprint density at radius 3 is 2.38 bits per heavy atom. The van der Waals surface area contributed by atoms with Gasteiger partial charge >= 0.3 is 0 Å². The zero-order chi connectivity index (χ0) is 20.8. The predicted octanol–water partition coefficient (Wildman–Crippen LogP) is 8.91. The van der Waals surface area contributed by atoms with E-state index in [1.165, 1.54) is 44.9 Å². The summed E-state index contributed by atoms with van der Waals surface area (Å²) in [5.41, 5.74) is 2.44. The molecule has 8 atom stereocenters. The van der Waals surface area contributed by atoms with Gasteiger partial charge in [-0.15, -0.1) is 0 Å². The number of rotatable bonds is 6. The van der Waals surface area contributed by atoms with Crippen LogP contribution in [0.15, 0.2) is 11.6 Å². The molecule has 4 unspecified atom stereocenters. The van der Waals surface area contributed by atoms with E-state index in [1.54, 1.807) is 25.7 Å². The van der Waals surface area contributed by atoms with Crippen molar-refractivity contribution in [1.29, 1.82) is 0 Å². The highest BCUT2D eigenvalue weighted by Gasteiger charge is 2.54. The Labute approximate surface area is 182 Å². The number of hydrogen-bond donors (Lipinski definition) is 0. The van der Waals surface area contributed by atoms with Gasteiger partial charge in [0.15, 0.2) is 0 Å². The second-order valence-corrected chi connectivity index (χ2v) is 12.8. The second kappa shape index (κ2) is 8.70. The average Bonchev–Trinajstić information content (AvgIpc) is 3.11. The second-order valence-electron chi connectivity index (χ2n) is 12.8. The first kappa shape index (κ1) is 22.0. The fourth-order valence-corrected chi connectivity index (χ4v) is 8.72. The van der Waals surface area contributed by atoms with E-state index in [1.807, 2.05) is 5.57 Å². The molecule has 0 aliphatic heterocycles. The minimum absolute atomic E-state index is 0.556. The molecule has 3 fully saturated rings. The Bertz CT molecular complexity index is 583. The molecule has 0 aromatic rings. The molecule has 0 spiro atoms. The molecule has 4 aliphatic carbocycles. The van der Waals surface area contributed by atoms with Crippen LogP contribution in [0.4, 0.5) is 0 Å². The highest BCUT2D eigenvalue weighted by molar-refractivity contribution is 5.24. The standard InChI is InChI=1S/C29H50/c1-19(2)8-7-9-21(5)24-12-13-26-25(24)14-15-28-27(26)11-10-23-18-22(20(3)4)16-17-29(23,28)6/h10,19-22,24-28H,7-9,11-18H2,1-6H3/t21-,22+,24-,25?,26?,27?,28?,29+/m1/s1. The van der Waals surface area contributed by atoms with Crippen molar-refractivity contribution in [2.24, 2.45) is 58.7 Å². The van der Waals surface area contributed by atoms with Crippen molar-refractivity contribution in [1.82, 2.24) is 0 Å². The minimum Gasteiger partial charge on any atom is -0.0845 e. The molecule has 0 heterocycles. The molecule has 29 heavy (non-hydrogen) atoms. The van der Waals surface area contributed by atoms with Crippen molar-refractivity contribution in [2.45, 2.75) is 112 Å². The van der Waals surface area contributed by atoms with E-state index >= 15 is 0 Å². The van der Waals surface area contributed by atoms with E-state index in [4.69, 9.17) is 0 Å². The monoisotopic (exact) mass is 398 g/mol. The molecular weight excluding hydrogens is 348 g/mol. The molecule has 0 amide bonds. The quantitative estimate of drug-likeness (QED) is 0.392. The zero-order valence-electron chi connectivity index (χ0n) is 20.6. The first-order valence-electron chi connectivity index (χ1n) is 13.5. The third-order valence-electron chi connectivity index (χ3n) is 10.6. The molecule has 0 bridgehead atoms. The lowest BCUT2D eigenvalue weighted by Crippen LogP contribution is -2.47. The lowest BCUT2D eigenvalue weighted by Gasteiger charge is -2.56. The van der Waals surface area contributed by atoms with Crippen molar-refractivity contribution in [3.8, 4) is 0 Å². The van der Waals surface area contributed by atoms with Crippen LogP contribution in [-0.4, -0.2) is 0 Å². The zero-order valence-corrected chi connectivity index (χ0v) is 20.6. The van der Waals surface area contributed by atoms with E-state index < -0.39 is 0 Å². The van der Waals surface area contributed by atoms with Crippen molar-refractivity contribution in [3.63, 3.8) is 0 Å². The number of allylic oxidation sites excluding steroid dienone is 2. The molecular formula is C29H50. The van der Waals surface area contributed by atoms with Crippen molar-refractivity contribution < 1.29 is 0 Å². The first-order chi connectivity index (χ1) is 13.8. The fourth-order valence-electron chi connectivity index (χ4n) is 8.72. The van der Waals surface area contributed by atoms with E-state index in [0.29, 0.717) is 5.41 Å². The largest absolute Gasteiger partial charge is 0.0845 e. The molecule has 3 saturated carbocycles. The molecule has 0 heteroatoms. The summed E-state index contributed by atoms with van der Waals surface area (Å²) in [6, 6.07) is 0. The smallest absolute Gasteiger partial charge is 0.00851 e. The van der Waals surface area contributed by atoms with Gasteiger partial charge in [-0.3, -0.25) is 0 Å². The van der Waals surface area contributed by atoms with Gasteiger partial charge in [0, 0.05) is 0 Å². The van der Waals surface area contributed by atoms with Gasteiger partial charge < -0.3 is 0 Å². The van der Waals surface area contributed by atoms with Crippen molar-refractivity contribution in [3.05, 3.63) is 11.6 Å². The molecule has 0 aromatic carbocycles. The maximum atomic E-state index is 2.78. The van der Waals surface area contributed by atoms with E-state index in [2.05, 4.69) is 47.6 Å². The molecule has 0 N–H and O–H groups in total. The molecule has 0 aromatic heterocycles. The van der Waals surface area contributed by atoms with Gasteiger partial charge in [0.05, 0.1) is 0 Å². The van der Waals surface area contributed by atoms with Gasteiger partial charge in [-0.1, -0.05) is 72.5 Å². The third-order valence-corrected chi connectivity index (χ3v) is 10.6. The van der Waals surface area contributed by atoms with Crippen LogP contribution < -0.4 is 0 Å². The summed E-state index contributed by atoms with van der Waals surface area (Å²) in [4.78, 5) is 0. The molecule has 4 rings (SSSR count). The molecule has 166 valence electrons. The predicted molar refractivity (Wildman–Crippen MR) is 127 cm³/mol. The van der Waals surface area contributed by atoms with Gasteiger partial charge in [0.2, 0.25) is 0 Å². The highest BCUT2D eigenvalue weighted by Crippen LogP contribution is 2.63. The van der Waals surface area contributed by atoms with Crippen molar-refractivity contribution >= 4 is 0 Å². The van der Waals surface area contributed by atoms with Crippen LogP contribution in [0.2, 0.25) is 0 Å². The highest BCUT2D eigenvalue weighted by atomic mass is 14.6. The van der Waals surface area contributed by atoms with Gasteiger partial charge in [0.1, 0.15) is 0 Å². The lowest BCUT2D eigenvalue weighted by atomic mass is 9.49. The SMILES string of the molecule is CC(C)CCC[C@@H](C)[C@H]1CCC2C3CC=C4C[C@@H](C(C)C)CC[C@]4(C)C3CCC21. The molecule has 4 aliphatic rings. The summed E-state index contributed by atoms with van der Waals surface area (Å²) in [6.07, 6.45) is 19.2. The molecule has 0 saturated heterocycles. The van der Waals surface area contributed by atoms with Gasteiger partial charge in [-0.25, -0.2) is 0 Å². The molecule has 0 nitrogen and oxygen atoms in total. The Morgan fingerprint density at radius 1 is 0.897 bits per heavy atom. The first-order valence-corrected chi connectivity index (χ1v) is 13.5. The summed E-state index contributed by atoms with van der Waals surface area (Å²) in [7, 11) is 0. The van der Waals surface area contributed by atoms with Crippen LogP contribution in [0, 0.1) is 58.7 Å². The third kappa shape index (κ3) is 4.13. The maximum absolute atomic E-state index is 2.78. The average molecular weight is 399 g/mol. The van der Waals surface area contributed by atoms with Gasteiger partial charge in [-0.2, -0.15) is 0 Å². The minimum atomic E-state index is 0.556. The molecule has 0 radical (unpaired) electrons. The van der Waals surface area contributed by atoms with Crippen LogP contribution in [0.5, 0.6) is 0 Å². The van der Waals surface area contributed by atoms with E-state index in [0.717, 1.165) is 53.3 Å². The normalized spacial score (nSPS) is 43.0. The summed E-state index contributed by atoms with van der Waals surface area (Å²) >= 11 is 0. The topological polar surface area (TPSA) is 0 Å². The van der Waals surface area contributed by atoms with E-state index in [9.17, 15) is 0 Å². The summed E-state index contributed by atoms with van der Waals surface area (Å²) in [6.45, 7) is 15.0. The summed E-state index contributed by atoms with van der Waals surface area (Å²) in [5.74, 6) is 8.85. The Hall–Kier alpha value is -0.260. The summed E-state index contributed by atoms with van der Waals surface area (Å²) in [5, 5.41) is 0. The van der Waals surface area contributed by atoms with Crippen molar-refractivity contribution in [2.75, 3.05) is 0 Å². The van der Waals surface area contributed by atoms with Crippen LogP contribution in [0.1, 0.15) is 112 Å². The lowest BCUT2D eigenvalue weighted by molar-refractivity contribution is -0.00712. The summed E-state index contributed by atoms with van der Waals surface area (Å²) < 4.78 is 0. The Morgan fingerprint density at radius 2 is 1.66 bits per heavy atom. The van der Waals surface area contributed by atoms with E-state index in [-0.39, 0.29) is 0 Å². The number of hydrogen-bond acceptors (Lipinski definition) is 0. The Balaban J connectivity index is 1.43.